The zero-order chi connectivity index (χ0) is 30.0. The van der Waals surface area contributed by atoms with Crippen LogP contribution in [-0.2, 0) is 11.1 Å². The van der Waals surface area contributed by atoms with Crippen molar-refractivity contribution in [2.75, 3.05) is 26.0 Å². The molecule has 0 spiro atoms. The van der Waals surface area contributed by atoms with E-state index in [0.29, 0.717) is 43.5 Å². The molecule has 222 valence electrons. The lowest BCUT2D eigenvalue weighted by Gasteiger charge is -2.20. The fraction of sp³-hybridized carbons (Fsp3) is 0.314. The van der Waals surface area contributed by atoms with Gasteiger partial charge in [0, 0.05) is 31.4 Å². The number of rotatable bonds is 15. The summed E-state index contributed by atoms with van der Waals surface area (Å²) in [5.41, 5.74) is 4.98. The monoisotopic (exact) mass is 591 g/mol. The van der Waals surface area contributed by atoms with Crippen LogP contribution in [0.3, 0.4) is 0 Å². The van der Waals surface area contributed by atoms with E-state index in [9.17, 15) is 13.3 Å². The first kappa shape index (κ1) is 31.5. The molecule has 0 aliphatic heterocycles. The highest BCUT2D eigenvalue weighted by atomic mass is 31.2. The first-order chi connectivity index (χ1) is 20.2. The molecule has 0 saturated heterocycles. The minimum atomic E-state index is -2.69. The summed E-state index contributed by atoms with van der Waals surface area (Å²) in [5.74, 6) is 0.138. The van der Waals surface area contributed by atoms with Crippen LogP contribution in [0.1, 0.15) is 53.0 Å². The zero-order valence-electron chi connectivity index (χ0n) is 24.6. The van der Waals surface area contributed by atoms with Gasteiger partial charge >= 0.3 is 0 Å². The summed E-state index contributed by atoms with van der Waals surface area (Å²) in [6, 6.07) is 27.2. The summed E-state index contributed by atoms with van der Waals surface area (Å²) >= 11 is 0. The Bertz CT molecular complexity index is 1480. The van der Waals surface area contributed by atoms with Crippen LogP contribution in [-0.4, -0.2) is 26.0 Å². The molecule has 0 aliphatic carbocycles. The van der Waals surface area contributed by atoms with Gasteiger partial charge in [-0.3, -0.25) is 4.57 Å². The molecule has 0 bridgehead atoms. The molecule has 0 saturated carbocycles. The lowest BCUT2D eigenvalue weighted by molar-refractivity contribution is 0.303. The molecule has 0 heterocycles. The van der Waals surface area contributed by atoms with Gasteiger partial charge in [-0.25, -0.2) is 8.78 Å². The van der Waals surface area contributed by atoms with Gasteiger partial charge in [0.15, 0.2) is 0 Å². The van der Waals surface area contributed by atoms with Crippen molar-refractivity contribution >= 4 is 7.37 Å². The predicted octanol–water partition coefficient (Wildman–Crippen LogP) is 9.04. The van der Waals surface area contributed by atoms with E-state index in [2.05, 4.69) is 24.4 Å². The lowest BCUT2D eigenvalue weighted by Crippen LogP contribution is -2.16. The third-order valence-electron chi connectivity index (χ3n) is 7.39. The van der Waals surface area contributed by atoms with Gasteiger partial charge in [0.2, 0.25) is 7.37 Å². The van der Waals surface area contributed by atoms with Crippen molar-refractivity contribution < 1.29 is 22.6 Å². The maximum absolute atomic E-state index is 14.7. The third-order valence-corrected chi connectivity index (χ3v) is 9.11. The molecule has 42 heavy (non-hydrogen) atoms. The number of nitrogens with one attached hydrogen (secondary N) is 1. The topological polar surface area (TPSA) is 47.6 Å². The van der Waals surface area contributed by atoms with E-state index in [1.165, 1.54) is 11.6 Å². The van der Waals surface area contributed by atoms with Crippen molar-refractivity contribution in [3.05, 3.63) is 130 Å². The van der Waals surface area contributed by atoms with E-state index in [0.717, 1.165) is 41.5 Å². The Balaban J connectivity index is 1.21. The molecular formula is C35H40F2NO3P. The molecule has 4 nitrogen and oxygen atoms in total. The molecule has 0 aliphatic rings. The smallest absolute Gasteiger partial charge is 0.245 e. The normalized spacial score (nSPS) is 13.4. The van der Waals surface area contributed by atoms with Crippen molar-refractivity contribution in [1.82, 2.24) is 5.32 Å². The van der Waals surface area contributed by atoms with Gasteiger partial charge in [-0.15, -0.1) is 0 Å². The highest BCUT2D eigenvalue weighted by Crippen LogP contribution is 2.43. The molecule has 7 heteroatoms. The van der Waals surface area contributed by atoms with Crippen LogP contribution in [0.15, 0.2) is 91.0 Å². The molecule has 4 rings (SSSR count). The van der Waals surface area contributed by atoms with Gasteiger partial charge in [-0.2, -0.15) is 0 Å². The van der Waals surface area contributed by atoms with Gasteiger partial charge in [-0.1, -0.05) is 54.6 Å². The van der Waals surface area contributed by atoms with Crippen LogP contribution in [0.5, 0.6) is 11.5 Å². The Morgan fingerprint density at radius 1 is 0.833 bits per heavy atom. The fourth-order valence-corrected chi connectivity index (χ4v) is 6.31. The standard InChI is InChI=1S/C35H40F2NO3P/c1-26-12-15-29(23-27(26)2)33(34-19-16-30(36)24-35(34)37)11-7-21-40-31-17-13-28(14-18-31)25-38-20-8-22-42(3,39)41-32-9-5-4-6-10-32/h4-6,9-10,12-19,23-24,33,38H,7-8,11,20-22,25H2,1-3H3. The molecule has 2 atom stereocenters. The van der Waals surface area contributed by atoms with Gasteiger partial charge in [0.05, 0.1) is 6.61 Å². The molecule has 0 aromatic heterocycles. The number of hydrogen-bond acceptors (Lipinski definition) is 4. The summed E-state index contributed by atoms with van der Waals surface area (Å²) in [5, 5.41) is 3.40. The number of benzene rings is 4. The molecule has 1 N–H and O–H groups in total. The second kappa shape index (κ2) is 15.1. The molecular weight excluding hydrogens is 551 g/mol. The summed E-state index contributed by atoms with van der Waals surface area (Å²) in [7, 11) is -2.69. The zero-order valence-corrected chi connectivity index (χ0v) is 25.5. The number of hydrogen-bond donors (Lipinski definition) is 1. The second-order valence-corrected chi connectivity index (χ2v) is 13.5. The van der Waals surface area contributed by atoms with Gasteiger partial charge in [-0.05, 0) is 97.8 Å². The minimum Gasteiger partial charge on any atom is -0.494 e. The molecule has 4 aromatic carbocycles. The van der Waals surface area contributed by atoms with Crippen LogP contribution >= 0.6 is 7.37 Å². The SMILES string of the molecule is Cc1ccc(C(CCCOc2ccc(CNCCCP(C)(=O)Oc3ccccc3)cc2)c2ccc(F)cc2F)cc1C. The average Bonchev–Trinajstić information content (AvgIpc) is 2.96. The second-order valence-electron chi connectivity index (χ2n) is 10.9. The van der Waals surface area contributed by atoms with Crippen LogP contribution in [0, 0.1) is 25.5 Å². The highest BCUT2D eigenvalue weighted by molar-refractivity contribution is 7.58. The van der Waals surface area contributed by atoms with Crippen molar-refractivity contribution in [2.45, 2.75) is 45.6 Å². The molecule has 2 unspecified atom stereocenters. The minimum absolute atomic E-state index is 0.187. The summed E-state index contributed by atoms with van der Waals surface area (Å²) < 4.78 is 52.7. The predicted molar refractivity (Wildman–Crippen MR) is 167 cm³/mol. The molecule has 0 amide bonds. The molecule has 4 aromatic rings. The van der Waals surface area contributed by atoms with E-state index in [1.807, 2.05) is 67.6 Å². The van der Waals surface area contributed by atoms with Gasteiger partial charge < -0.3 is 14.6 Å². The highest BCUT2D eigenvalue weighted by Gasteiger charge is 2.19. The van der Waals surface area contributed by atoms with E-state index in [4.69, 9.17) is 9.26 Å². The quantitative estimate of drug-likeness (QED) is 0.111. The number of halogens is 2. The Hall–Kier alpha value is -3.47. The van der Waals surface area contributed by atoms with Crippen molar-refractivity contribution in [3.8, 4) is 11.5 Å². The number of aryl methyl sites for hydroxylation is 2. The van der Waals surface area contributed by atoms with E-state index >= 15 is 0 Å². The Kier molecular flexibility index (Phi) is 11.3. The van der Waals surface area contributed by atoms with E-state index < -0.39 is 19.0 Å². The molecule has 0 fully saturated rings. The lowest BCUT2D eigenvalue weighted by atomic mass is 9.86. The maximum atomic E-state index is 14.7. The number of para-hydroxylation sites is 1. The van der Waals surface area contributed by atoms with Gasteiger partial charge in [0.25, 0.3) is 0 Å². The van der Waals surface area contributed by atoms with Crippen LogP contribution in [0.25, 0.3) is 0 Å². The largest absolute Gasteiger partial charge is 0.494 e. The summed E-state index contributed by atoms with van der Waals surface area (Å²) in [6.07, 6.45) is 2.66. The van der Waals surface area contributed by atoms with Crippen LogP contribution in [0.4, 0.5) is 8.78 Å². The first-order valence-corrected chi connectivity index (χ1v) is 16.7. The summed E-state index contributed by atoms with van der Waals surface area (Å²) in [4.78, 5) is 0. The van der Waals surface area contributed by atoms with E-state index in [1.54, 1.807) is 12.7 Å². The Morgan fingerprint density at radius 2 is 1.60 bits per heavy atom. The third kappa shape index (κ3) is 9.54. The van der Waals surface area contributed by atoms with Crippen molar-refractivity contribution in [3.63, 3.8) is 0 Å². The van der Waals surface area contributed by atoms with Crippen molar-refractivity contribution in [2.24, 2.45) is 0 Å². The summed E-state index contributed by atoms with van der Waals surface area (Å²) in [6.45, 7) is 7.72. The number of ether oxygens (including phenoxy) is 1. The maximum Gasteiger partial charge on any atom is 0.245 e. The van der Waals surface area contributed by atoms with Crippen LogP contribution in [0.2, 0.25) is 0 Å². The fourth-order valence-electron chi connectivity index (χ4n) is 4.92. The first-order valence-electron chi connectivity index (χ1n) is 14.5. The Morgan fingerprint density at radius 3 is 2.31 bits per heavy atom. The van der Waals surface area contributed by atoms with Crippen LogP contribution < -0.4 is 14.6 Å². The average molecular weight is 592 g/mol. The van der Waals surface area contributed by atoms with E-state index in [-0.39, 0.29) is 5.92 Å². The Labute approximate surface area is 248 Å². The molecule has 0 radical (unpaired) electrons. The van der Waals surface area contributed by atoms with Gasteiger partial charge in [0.1, 0.15) is 23.1 Å². The van der Waals surface area contributed by atoms with Crippen molar-refractivity contribution in [1.29, 1.82) is 0 Å².